The number of amides is 2. The largest absolute Gasteiger partial charge is 0.493 e. The van der Waals surface area contributed by atoms with Gasteiger partial charge in [-0.3, -0.25) is 14.5 Å². The van der Waals surface area contributed by atoms with Crippen LogP contribution in [0.4, 0.5) is 5.69 Å². The molecule has 35 heavy (non-hydrogen) atoms. The molecule has 0 aromatic heterocycles. The number of carbonyl (C=O) groups is 3. The second-order valence-corrected chi connectivity index (χ2v) is 8.98. The maximum atomic E-state index is 13.0. The summed E-state index contributed by atoms with van der Waals surface area (Å²) in [5.74, 6) is -0.530. The molecule has 1 fully saturated rings. The molecule has 1 heterocycles. The zero-order valence-electron chi connectivity index (χ0n) is 19.4. The number of nitrogens with zero attached hydrogens (tertiary/aromatic N) is 2. The van der Waals surface area contributed by atoms with Crippen molar-refractivity contribution >= 4 is 62.4 Å². The van der Waals surface area contributed by atoms with E-state index in [-0.39, 0.29) is 19.1 Å². The molecule has 1 aliphatic heterocycles. The summed E-state index contributed by atoms with van der Waals surface area (Å²) in [7, 11) is 1.47. The van der Waals surface area contributed by atoms with Gasteiger partial charge >= 0.3 is 5.97 Å². The van der Waals surface area contributed by atoms with Crippen molar-refractivity contribution in [1.29, 1.82) is 0 Å². The van der Waals surface area contributed by atoms with E-state index in [1.54, 1.807) is 54.3 Å². The fourth-order valence-electron chi connectivity index (χ4n) is 3.16. The number of primary amides is 1. The second kappa shape index (κ2) is 11.9. The van der Waals surface area contributed by atoms with Gasteiger partial charge in [-0.2, -0.15) is 0 Å². The molecule has 11 heteroatoms. The normalized spacial score (nSPS) is 15.5. The fraction of sp³-hybridized carbons (Fsp3) is 0.250. The Morgan fingerprint density at radius 1 is 1.23 bits per heavy atom. The number of carbonyl (C=O) groups excluding carboxylic acids is 3. The van der Waals surface area contributed by atoms with E-state index in [1.807, 2.05) is 6.92 Å². The number of amidine groups is 1. The minimum atomic E-state index is -0.614. The number of hydrogen-bond acceptors (Lipinski definition) is 8. The lowest BCUT2D eigenvalue weighted by Gasteiger charge is -2.13. The molecule has 0 atom stereocenters. The lowest BCUT2D eigenvalue weighted by Crippen LogP contribution is -2.28. The molecule has 0 aliphatic carbocycles. The highest BCUT2D eigenvalue weighted by Gasteiger charge is 2.32. The molecular weight excluding hydrogens is 538 g/mol. The monoisotopic (exact) mass is 561 g/mol. The molecule has 3 rings (SSSR count). The lowest BCUT2D eigenvalue weighted by atomic mass is 10.2. The third-order valence-corrected chi connectivity index (χ3v) is 6.29. The Morgan fingerprint density at radius 2 is 2.00 bits per heavy atom. The van der Waals surface area contributed by atoms with Crippen LogP contribution in [-0.2, 0) is 14.3 Å². The van der Waals surface area contributed by atoms with Crippen LogP contribution in [-0.4, -0.2) is 54.7 Å². The van der Waals surface area contributed by atoms with Crippen LogP contribution >= 0.6 is 27.7 Å². The Kier molecular flexibility index (Phi) is 8.94. The van der Waals surface area contributed by atoms with Gasteiger partial charge in [0, 0.05) is 6.54 Å². The summed E-state index contributed by atoms with van der Waals surface area (Å²) >= 11 is 4.64. The van der Waals surface area contributed by atoms with Gasteiger partial charge in [-0.05, 0) is 83.5 Å². The summed E-state index contributed by atoms with van der Waals surface area (Å²) in [6.45, 7) is 4.00. The minimum Gasteiger partial charge on any atom is -0.493 e. The highest BCUT2D eigenvalue weighted by molar-refractivity contribution is 9.10. The van der Waals surface area contributed by atoms with Gasteiger partial charge in [0.25, 0.3) is 11.8 Å². The first kappa shape index (κ1) is 26.3. The van der Waals surface area contributed by atoms with Gasteiger partial charge in [-0.25, -0.2) is 9.79 Å². The Hall–Kier alpha value is -3.31. The molecule has 0 radical (unpaired) electrons. The molecule has 2 N–H and O–H groups in total. The van der Waals surface area contributed by atoms with Gasteiger partial charge in [0.1, 0.15) is 0 Å². The minimum absolute atomic E-state index is 0.193. The van der Waals surface area contributed by atoms with Crippen LogP contribution in [0.25, 0.3) is 6.08 Å². The number of nitrogens with two attached hydrogens (primary N) is 1. The zero-order valence-corrected chi connectivity index (χ0v) is 21.8. The van der Waals surface area contributed by atoms with Gasteiger partial charge in [0.2, 0.25) is 0 Å². The summed E-state index contributed by atoms with van der Waals surface area (Å²) in [6, 6.07) is 10.2. The molecule has 0 saturated carbocycles. The van der Waals surface area contributed by atoms with Crippen molar-refractivity contribution < 1.29 is 28.6 Å². The van der Waals surface area contributed by atoms with Crippen LogP contribution in [0.2, 0.25) is 0 Å². The number of benzene rings is 2. The van der Waals surface area contributed by atoms with Gasteiger partial charge in [0.15, 0.2) is 23.3 Å². The van der Waals surface area contributed by atoms with Crippen LogP contribution in [0.1, 0.15) is 29.8 Å². The van der Waals surface area contributed by atoms with Crippen LogP contribution in [0.5, 0.6) is 11.5 Å². The first-order valence-corrected chi connectivity index (χ1v) is 12.2. The number of halogens is 1. The highest BCUT2D eigenvalue weighted by Crippen LogP contribution is 2.39. The van der Waals surface area contributed by atoms with Crippen molar-refractivity contribution in [3.05, 3.63) is 56.9 Å². The number of aliphatic imine (C=N–C) groups is 1. The molecule has 2 amide bonds. The lowest BCUT2D eigenvalue weighted by molar-refractivity contribution is -0.122. The van der Waals surface area contributed by atoms with Gasteiger partial charge in [-0.1, -0.05) is 6.07 Å². The van der Waals surface area contributed by atoms with Crippen molar-refractivity contribution in [1.82, 2.24) is 4.90 Å². The van der Waals surface area contributed by atoms with Crippen LogP contribution in [0, 0.1) is 0 Å². The maximum Gasteiger partial charge on any atom is 0.338 e. The van der Waals surface area contributed by atoms with Crippen molar-refractivity contribution in [3.63, 3.8) is 0 Å². The summed E-state index contributed by atoms with van der Waals surface area (Å²) in [5, 5.41) is 0.497. The number of ether oxygens (including phenoxy) is 3. The summed E-state index contributed by atoms with van der Waals surface area (Å²) < 4.78 is 16.4. The van der Waals surface area contributed by atoms with E-state index >= 15 is 0 Å². The molecule has 184 valence electrons. The van der Waals surface area contributed by atoms with Crippen molar-refractivity contribution in [2.45, 2.75) is 13.8 Å². The first-order valence-electron chi connectivity index (χ1n) is 10.6. The Morgan fingerprint density at radius 3 is 2.66 bits per heavy atom. The smallest absolute Gasteiger partial charge is 0.338 e. The van der Waals surface area contributed by atoms with Crippen LogP contribution in [0.15, 0.2) is 50.8 Å². The molecule has 0 unspecified atom stereocenters. The van der Waals surface area contributed by atoms with Crippen molar-refractivity contribution in [2.24, 2.45) is 10.7 Å². The third-order valence-electron chi connectivity index (χ3n) is 4.69. The third kappa shape index (κ3) is 6.43. The molecule has 0 spiro atoms. The molecular formula is C24H24BrN3O6S. The van der Waals surface area contributed by atoms with Crippen molar-refractivity contribution in [3.8, 4) is 11.5 Å². The Balaban J connectivity index is 1.91. The summed E-state index contributed by atoms with van der Waals surface area (Å²) in [5.41, 5.74) is 6.76. The topological polar surface area (TPSA) is 121 Å². The molecule has 9 nitrogen and oxygen atoms in total. The molecule has 1 aliphatic rings. The number of likely N-dealkylation sites (N-methyl/N-ethyl adjacent to an activating group) is 1. The van der Waals surface area contributed by atoms with Gasteiger partial charge < -0.3 is 19.9 Å². The van der Waals surface area contributed by atoms with E-state index in [0.29, 0.717) is 49.4 Å². The number of thioether (sulfide) groups is 1. The van der Waals surface area contributed by atoms with E-state index < -0.39 is 11.9 Å². The molecule has 2 aromatic rings. The number of hydrogen-bond donors (Lipinski definition) is 1. The molecule has 2 aromatic carbocycles. The van der Waals surface area contributed by atoms with Crippen LogP contribution in [0.3, 0.4) is 0 Å². The number of methoxy groups -OCH3 is 1. The zero-order chi connectivity index (χ0) is 25.5. The maximum absolute atomic E-state index is 13.0. The van der Waals surface area contributed by atoms with E-state index in [0.717, 1.165) is 0 Å². The second-order valence-electron chi connectivity index (χ2n) is 7.11. The average molecular weight is 562 g/mol. The molecule has 0 bridgehead atoms. The number of esters is 1. The van der Waals surface area contributed by atoms with Crippen molar-refractivity contribution in [2.75, 3.05) is 26.9 Å². The highest BCUT2D eigenvalue weighted by atomic mass is 79.9. The van der Waals surface area contributed by atoms with E-state index in [2.05, 4.69) is 20.9 Å². The average Bonchev–Trinajstić information content (AvgIpc) is 3.11. The number of rotatable bonds is 9. The fourth-order valence-corrected chi connectivity index (χ4v) is 4.79. The quantitative estimate of drug-likeness (QED) is 0.361. The standard InChI is InChI=1S/C24H24BrN3O6S/c1-4-28-22(30)19(11-14-9-17(25)21(18(10-14)32-3)34-13-20(26)29)35-24(28)27-16-8-6-7-15(12-16)23(31)33-5-2/h6-12H,4-5,13H2,1-3H3,(H2,26,29). The Labute approximate surface area is 215 Å². The van der Waals surface area contributed by atoms with Gasteiger partial charge in [0.05, 0.1) is 34.3 Å². The van der Waals surface area contributed by atoms with E-state index in [4.69, 9.17) is 19.9 Å². The summed E-state index contributed by atoms with van der Waals surface area (Å²) in [4.78, 5) is 42.8. The van der Waals surface area contributed by atoms with E-state index in [1.165, 1.54) is 18.9 Å². The summed E-state index contributed by atoms with van der Waals surface area (Å²) in [6.07, 6.45) is 1.72. The van der Waals surface area contributed by atoms with Gasteiger partial charge in [-0.15, -0.1) is 0 Å². The predicted molar refractivity (Wildman–Crippen MR) is 138 cm³/mol. The SMILES string of the molecule is CCOC(=O)c1cccc(N=C2SC(=Cc3cc(Br)c(OCC(N)=O)c(OC)c3)C(=O)N2CC)c1. The molecule has 1 saturated heterocycles. The van der Waals surface area contributed by atoms with Crippen LogP contribution < -0.4 is 15.2 Å². The predicted octanol–water partition coefficient (Wildman–Crippen LogP) is 4.12. The first-order chi connectivity index (χ1) is 16.8. The van der Waals surface area contributed by atoms with E-state index in [9.17, 15) is 14.4 Å². The Bertz CT molecular complexity index is 1210.